The highest BCUT2D eigenvalue weighted by Crippen LogP contribution is 2.46. The van der Waals surface area contributed by atoms with Crippen molar-refractivity contribution in [2.24, 2.45) is 11.8 Å². The zero-order valence-electron chi connectivity index (χ0n) is 16.6. The highest BCUT2D eigenvalue weighted by molar-refractivity contribution is 7.89. The smallest absolute Gasteiger partial charge is 0.243 e. The van der Waals surface area contributed by atoms with E-state index in [9.17, 15) is 8.42 Å². The summed E-state index contributed by atoms with van der Waals surface area (Å²) in [6.07, 6.45) is 9.52. The van der Waals surface area contributed by atoms with Crippen LogP contribution >= 0.6 is 0 Å². The van der Waals surface area contributed by atoms with Crippen LogP contribution in [-0.4, -0.2) is 56.5 Å². The summed E-state index contributed by atoms with van der Waals surface area (Å²) in [5.41, 5.74) is 1.38. The quantitative estimate of drug-likeness (QED) is 0.728. The topological polar surface area (TPSA) is 49.9 Å². The Hall–Kier alpha value is -1.37. The minimum absolute atomic E-state index is 0.0416. The number of hydrogen-bond donors (Lipinski definition) is 0. The molecule has 0 unspecified atom stereocenters. The van der Waals surface area contributed by atoms with Crippen LogP contribution in [0.15, 0.2) is 40.8 Å². The summed E-state index contributed by atoms with van der Waals surface area (Å²) in [5, 5.41) is 0. The molecule has 0 saturated carbocycles. The molecule has 3 aliphatic heterocycles. The molecule has 5 rings (SSSR count). The van der Waals surface area contributed by atoms with Crippen molar-refractivity contribution >= 4 is 10.0 Å². The Morgan fingerprint density at radius 1 is 1.07 bits per heavy atom. The van der Waals surface area contributed by atoms with Gasteiger partial charge in [0.25, 0.3) is 0 Å². The van der Waals surface area contributed by atoms with Crippen molar-refractivity contribution < 1.29 is 13.2 Å². The van der Waals surface area contributed by atoms with Gasteiger partial charge in [-0.25, -0.2) is 8.42 Å². The van der Waals surface area contributed by atoms with E-state index in [0.29, 0.717) is 35.1 Å². The number of piperidine rings is 3. The zero-order chi connectivity index (χ0) is 19.3. The summed E-state index contributed by atoms with van der Waals surface area (Å²) in [6, 6.07) is 7.57. The van der Waals surface area contributed by atoms with E-state index >= 15 is 0 Å². The van der Waals surface area contributed by atoms with Gasteiger partial charge in [-0.3, -0.25) is 4.90 Å². The molecule has 6 heteroatoms. The first kappa shape index (κ1) is 18.6. The summed E-state index contributed by atoms with van der Waals surface area (Å²) < 4.78 is 34.1. The molecule has 3 heterocycles. The van der Waals surface area contributed by atoms with Crippen molar-refractivity contribution in [1.82, 2.24) is 9.21 Å². The second-order valence-corrected chi connectivity index (χ2v) is 10.7. The average Bonchev–Trinajstić information content (AvgIpc) is 2.73. The molecule has 0 N–H and O–H groups in total. The maximum atomic E-state index is 13.5. The van der Waals surface area contributed by atoms with Gasteiger partial charge < -0.3 is 4.74 Å². The molecule has 1 aromatic rings. The zero-order valence-corrected chi connectivity index (χ0v) is 17.4. The van der Waals surface area contributed by atoms with Crippen LogP contribution in [0.5, 0.6) is 5.75 Å². The summed E-state index contributed by atoms with van der Waals surface area (Å²) in [5.74, 6) is 1.73. The number of hydrogen-bond acceptors (Lipinski definition) is 4. The van der Waals surface area contributed by atoms with Crippen molar-refractivity contribution in [2.45, 2.75) is 55.5 Å². The van der Waals surface area contributed by atoms with Crippen LogP contribution in [0.1, 0.15) is 38.5 Å². The molecule has 3 saturated heterocycles. The highest BCUT2D eigenvalue weighted by Gasteiger charge is 2.48. The fraction of sp³-hybridized carbons (Fsp3) is 0.636. The summed E-state index contributed by atoms with van der Waals surface area (Å²) >= 11 is 0. The number of ether oxygens (including phenoxy) is 1. The monoisotopic (exact) mass is 402 g/mol. The molecule has 0 amide bonds. The van der Waals surface area contributed by atoms with Gasteiger partial charge in [0.1, 0.15) is 5.75 Å². The number of benzene rings is 1. The van der Waals surface area contributed by atoms with Crippen LogP contribution < -0.4 is 4.74 Å². The van der Waals surface area contributed by atoms with Gasteiger partial charge in [-0.2, -0.15) is 4.31 Å². The lowest BCUT2D eigenvalue weighted by atomic mass is 9.68. The Morgan fingerprint density at radius 2 is 1.89 bits per heavy atom. The number of nitrogens with zero attached hydrogens (tertiary/aromatic N) is 2. The minimum atomic E-state index is -3.50. The lowest BCUT2D eigenvalue weighted by Gasteiger charge is -2.54. The van der Waals surface area contributed by atoms with Crippen molar-refractivity contribution in [3.05, 3.63) is 35.9 Å². The molecule has 4 aliphatic rings. The van der Waals surface area contributed by atoms with Crippen LogP contribution in [0.4, 0.5) is 0 Å². The fourth-order valence-corrected chi connectivity index (χ4v) is 7.80. The van der Waals surface area contributed by atoms with Gasteiger partial charge in [-0.1, -0.05) is 18.1 Å². The molecule has 5 nitrogen and oxygen atoms in total. The van der Waals surface area contributed by atoms with E-state index < -0.39 is 10.0 Å². The van der Waals surface area contributed by atoms with E-state index in [1.807, 2.05) is 4.31 Å². The van der Waals surface area contributed by atoms with Gasteiger partial charge in [0.15, 0.2) is 0 Å². The third kappa shape index (κ3) is 3.01. The van der Waals surface area contributed by atoms with Crippen molar-refractivity contribution in [3.63, 3.8) is 0 Å². The normalized spacial score (nSPS) is 33.5. The first-order chi connectivity index (χ1) is 13.6. The Balaban J connectivity index is 1.48. The Labute approximate surface area is 168 Å². The predicted octanol–water partition coefficient (Wildman–Crippen LogP) is 3.28. The van der Waals surface area contributed by atoms with Gasteiger partial charge in [0.05, 0.1) is 18.0 Å². The maximum Gasteiger partial charge on any atom is 0.243 e. The molecule has 0 spiro atoms. The van der Waals surface area contributed by atoms with Crippen LogP contribution in [0.25, 0.3) is 0 Å². The molecule has 0 radical (unpaired) electrons. The molecule has 2 bridgehead atoms. The third-order valence-corrected chi connectivity index (χ3v) is 9.17. The van der Waals surface area contributed by atoms with Gasteiger partial charge in [0.2, 0.25) is 10.0 Å². The first-order valence-corrected chi connectivity index (χ1v) is 12.1. The largest absolute Gasteiger partial charge is 0.497 e. The molecular formula is C22H30N2O3S. The van der Waals surface area contributed by atoms with Gasteiger partial charge in [-0.15, -0.1) is 0 Å². The minimum Gasteiger partial charge on any atom is -0.497 e. The van der Waals surface area contributed by atoms with Crippen molar-refractivity contribution in [1.29, 1.82) is 0 Å². The van der Waals surface area contributed by atoms with Gasteiger partial charge in [-0.05, 0) is 74.8 Å². The van der Waals surface area contributed by atoms with E-state index in [1.165, 1.54) is 31.4 Å². The second-order valence-electron chi connectivity index (χ2n) is 8.80. The molecule has 1 aromatic carbocycles. The van der Waals surface area contributed by atoms with E-state index in [2.05, 4.69) is 11.0 Å². The number of fused-ring (bicyclic) bond motifs is 6. The summed E-state index contributed by atoms with van der Waals surface area (Å²) in [6.45, 7) is 2.86. The van der Waals surface area contributed by atoms with Crippen LogP contribution in [0, 0.1) is 11.8 Å². The molecule has 28 heavy (non-hydrogen) atoms. The van der Waals surface area contributed by atoms with Crippen LogP contribution in [0.3, 0.4) is 0 Å². The second kappa shape index (κ2) is 7.15. The van der Waals surface area contributed by atoms with Crippen LogP contribution in [0.2, 0.25) is 0 Å². The predicted molar refractivity (Wildman–Crippen MR) is 109 cm³/mol. The lowest BCUT2D eigenvalue weighted by Crippen LogP contribution is -2.59. The molecule has 0 aromatic heterocycles. The SMILES string of the molecule is COc1ccc(S(=O)(=O)N2CCCC3=C[C@H]4C[C@@H](CN5CCCC[C@@H]45)[C@H]32)cc1. The molecule has 152 valence electrons. The summed E-state index contributed by atoms with van der Waals surface area (Å²) in [4.78, 5) is 3.03. The van der Waals surface area contributed by atoms with Crippen molar-refractivity contribution in [3.8, 4) is 5.75 Å². The highest BCUT2D eigenvalue weighted by atomic mass is 32.2. The lowest BCUT2D eigenvalue weighted by molar-refractivity contribution is 0.0149. The molecule has 3 fully saturated rings. The van der Waals surface area contributed by atoms with Crippen LogP contribution in [-0.2, 0) is 10.0 Å². The van der Waals surface area contributed by atoms with Gasteiger partial charge >= 0.3 is 0 Å². The van der Waals surface area contributed by atoms with E-state index in [4.69, 9.17) is 4.74 Å². The Bertz CT molecular complexity index is 864. The molecular weight excluding hydrogens is 372 g/mol. The standard InChI is InChI=1S/C22H30N2O3S/c1-27-19-7-9-20(10-8-19)28(25,26)24-12-4-5-16-13-17-14-18(22(16)24)15-23-11-3-2-6-21(17)23/h7-10,13,17-18,21-22H,2-6,11-12,14-15H2,1H3/t17-,18-,21-,22-/m0/s1. The first-order valence-electron chi connectivity index (χ1n) is 10.7. The Kier molecular flexibility index (Phi) is 4.76. The fourth-order valence-electron chi connectivity index (χ4n) is 6.08. The van der Waals surface area contributed by atoms with Crippen molar-refractivity contribution in [2.75, 3.05) is 26.7 Å². The number of sulfonamides is 1. The third-order valence-electron chi connectivity index (χ3n) is 7.28. The van der Waals surface area contributed by atoms with E-state index in [1.54, 1.807) is 31.4 Å². The van der Waals surface area contributed by atoms with E-state index in [-0.39, 0.29) is 6.04 Å². The summed E-state index contributed by atoms with van der Waals surface area (Å²) in [7, 11) is -1.91. The average molecular weight is 403 g/mol. The van der Waals surface area contributed by atoms with E-state index in [0.717, 1.165) is 25.8 Å². The van der Waals surface area contributed by atoms with Gasteiger partial charge in [0, 0.05) is 19.1 Å². The maximum absolute atomic E-state index is 13.5. The Morgan fingerprint density at radius 3 is 2.68 bits per heavy atom. The number of methoxy groups -OCH3 is 1. The molecule has 4 atom stereocenters. The molecule has 1 aliphatic carbocycles. The number of rotatable bonds is 3.